The Kier molecular flexibility index (Phi) is 4.28. The Morgan fingerprint density at radius 2 is 2.13 bits per heavy atom. The zero-order chi connectivity index (χ0) is 16.6. The third-order valence-electron chi connectivity index (χ3n) is 3.86. The second kappa shape index (κ2) is 6.22. The molecule has 0 aliphatic carbocycles. The fourth-order valence-electron chi connectivity index (χ4n) is 2.81. The minimum atomic E-state index is -0.813. The lowest BCUT2D eigenvalue weighted by molar-refractivity contribution is 0.0714. The number of benzene rings is 1. The molecule has 1 amide bonds. The predicted octanol–water partition coefficient (Wildman–Crippen LogP) is 2.96. The maximum atomic E-state index is 14.0. The number of likely N-dealkylation sites (tertiary alicyclic amines) is 1. The van der Waals surface area contributed by atoms with Crippen molar-refractivity contribution >= 4 is 17.5 Å². The summed E-state index contributed by atoms with van der Waals surface area (Å²) in [5, 5.41) is 10.1. The van der Waals surface area contributed by atoms with Gasteiger partial charge in [-0.25, -0.2) is 8.78 Å². The number of halogens is 3. The van der Waals surface area contributed by atoms with Gasteiger partial charge in [0.2, 0.25) is 0 Å². The van der Waals surface area contributed by atoms with Crippen molar-refractivity contribution in [2.45, 2.75) is 18.6 Å². The number of carbonyl (C=O) groups excluding carboxylic acids is 1. The van der Waals surface area contributed by atoms with Crippen molar-refractivity contribution in [3.8, 4) is 0 Å². The van der Waals surface area contributed by atoms with Crippen LogP contribution in [0.5, 0.6) is 0 Å². The van der Waals surface area contributed by atoms with Crippen LogP contribution in [0.25, 0.3) is 0 Å². The first kappa shape index (κ1) is 15.8. The molecule has 2 atom stereocenters. The first-order valence-electron chi connectivity index (χ1n) is 7.01. The quantitative estimate of drug-likeness (QED) is 0.916. The molecule has 2 heterocycles. The standard InChI is InChI=1S/C16H13ClF2N2O2/c17-13-7-20-4-3-11(13)16(23)21-8-10(22)6-15(21)12-5-9(18)1-2-14(12)19/h1-5,7,10,15,22H,6,8H2/t10-,15+/m0/s1. The number of hydrogen-bond donors (Lipinski definition) is 1. The Bertz CT molecular complexity index is 757. The van der Waals surface area contributed by atoms with Crippen molar-refractivity contribution in [3.63, 3.8) is 0 Å². The fraction of sp³-hybridized carbons (Fsp3) is 0.250. The normalized spacial score (nSPS) is 20.8. The van der Waals surface area contributed by atoms with Gasteiger partial charge in [-0.1, -0.05) is 11.6 Å². The topological polar surface area (TPSA) is 53.4 Å². The van der Waals surface area contributed by atoms with Crippen LogP contribution < -0.4 is 0 Å². The van der Waals surface area contributed by atoms with E-state index >= 15 is 0 Å². The van der Waals surface area contributed by atoms with Crippen LogP contribution in [0.1, 0.15) is 28.4 Å². The van der Waals surface area contributed by atoms with Gasteiger partial charge in [-0.15, -0.1) is 0 Å². The van der Waals surface area contributed by atoms with Gasteiger partial charge in [0.1, 0.15) is 11.6 Å². The predicted molar refractivity (Wildman–Crippen MR) is 80.0 cm³/mol. The van der Waals surface area contributed by atoms with Crippen molar-refractivity contribution in [2.24, 2.45) is 0 Å². The summed E-state index contributed by atoms with van der Waals surface area (Å²) in [5.74, 6) is -1.68. The molecular weight excluding hydrogens is 326 g/mol. The lowest BCUT2D eigenvalue weighted by atomic mass is 10.0. The average molecular weight is 339 g/mol. The summed E-state index contributed by atoms with van der Waals surface area (Å²) in [6, 6.07) is 3.77. The summed E-state index contributed by atoms with van der Waals surface area (Å²) in [7, 11) is 0. The molecule has 1 aromatic heterocycles. The van der Waals surface area contributed by atoms with Gasteiger partial charge in [-0.3, -0.25) is 9.78 Å². The molecule has 1 N–H and O–H groups in total. The number of aromatic nitrogens is 1. The van der Waals surface area contributed by atoms with Gasteiger partial charge in [-0.05, 0) is 30.7 Å². The van der Waals surface area contributed by atoms with Crippen molar-refractivity contribution < 1.29 is 18.7 Å². The summed E-state index contributed by atoms with van der Waals surface area (Å²) in [4.78, 5) is 17.8. The van der Waals surface area contributed by atoms with E-state index in [0.29, 0.717) is 0 Å². The molecule has 1 aliphatic heterocycles. The van der Waals surface area contributed by atoms with Crippen LogP contribution in [0.3, 0.4) is 0 Å². The molecule has 1 fully saturated rings. The third-order valence-corrected chi connectivity index (χ3v) is 4.16. The Morgan fingerprint density at radius 3 is 2.87 bits per heavy atom. The van der Waals surface area contributed by atoms with Crippen LogP contribution in [-0.4, -0.2) is 33.5 Å². The minimum Gasteiger partial charge on any atom is -0.391 e. The molecule has 120 valence electrons. The van der Waals surface area contributed by atoms with E-state index in [0.717, 1.165) is 18.2 Å². The molecule has 1 saturated heterocycles. The molecular formula is C16H13ClF2N2O2. The van der Waals surface area contributed by atoms with Crippen molar-refractivity contribution in [1.29, 1.82) is 0 Å². The fourth-order valence-corrected chi connectivity index (χ4v) is 3.01. The molecule has 3 rings (SSSR count). The molecule has 4 nitrogen and oxygen atoms in total. The zero-order valence-corrected chi connectivity index (χ0v) is 12.7. The molecule has 2 aromatic rings. The van der Waals surface area contributed by atoms with Gasteiger partial charge in [0, 0.05) is 24.5 Å². The van der Waals surface area contributed by atoms with E-state index in [4.69, 9.17) is 11.6 Å². The van der Waals surface area contributed by atoms with Gasteiger partial charge < -0.3 is 10.0 Å². The van der Waals surface area contributed by atoms with Crippen molar-refractivity contribution in [1.82, 2.24) is 9.88 Å². The van der Waals surface area contributed by atoms with Gasteiger partial charge in [0.05, 0.1) is 22.7 Å². The van der Waals surface area contributed by atoms with Crippen LogP contribution in [-0.2, 0) is 0 Å². The molecule has 23 heavy (non-hydrogen) atoms. The number of rotatable bonds is 2. The molecule has 1 aromatic carbocycles. The number of aliphatic hydroxyl groups excluding tert-OH is 1. The number of pyridine rings is 1. The number of amides is 1. The van der Waals surface area contributed by atoms with E-state index in [1.165, 1.54) is 23.4 Å². The smallest absolute Gasteiger partial charge is 0.256 e. The first-order valence-corrected chi connectivity index (χ1v) is 7.38. The monoisotopic (exact) mass is 338 g/mol. The second-order valence-corrected chi connectivity index (χ2v) is 5.79. The molecule has 0 saturated carbocycles. The largest absolute Gasteiger partial charge is 0.391 e. The van der Waals surface area contributed by atoms with E-state index in [1.807, 2.05) is 0 Å². The molecule has 0 radical (unpaired) electrons. The van der Waals surface area contributed by atoms with Crippen molar-refractivity contribution in [2.75, 3.05) is 6.54 Å². The highest BCUT2D eigenvalue weighted by atomic mass is 35.5. The maximum absolute atomic E-state index is 14.0. The zero-order valence-electron chi connectivity index (χ0n) is 11.9. The lowest BCUT2D eigenvalue weighted by Crippen LogP contribution is -2.32. The Balaban J connectivity index is 1.99. The molecule has 1 aliphatic rings. The number of hydrogen-bond acceptors (Lipinski definition) is 3. The molecule has 7 heteroatoms. The van der Waals surface area contributed by atoms with Gasteiger partial charge in [0.15, 0.2) is 0 Å². The van der Waals surface area contributed by atoms with Crippen molar-refractivity contribution in [3.05, 3.63) is 64.4 Å². The van der Waals surface area contributed by atoms with E-state index in [9.17, 15) is 18.7 Å². The number of carbonyl (C=O) groups is 1. The first-order chi connectivity index (χ1) is 11.0. The highest BCUT2D eigenvalue weighted by Crippen LogP contribution is 2.35. The summed E-state index contributed by atoms with van der Waals surface area (Å²) in [5.41, 5.74) is 0.248. The van der Waals surface area contributed by atoms with Gasteiger partial charge in [0.25, 0.3) is 5.91 Å². The van der Waals surface area contributed by atoms with Crippen LogP contribution in [0.15, 0.2) is 36.7 Å². The van der Waals surface area contributed by atoms with Crippen LogP contribution in [0.2, 0.25) is 5.02 Å². The number of aliphatic hydroxyl groups is 1. The van der Waals surface area contributed by atoms with Gasteiger partial charge in [-0.2, -0.15) is 0 Å². The summed E-state index contributed by atoms with van der Waals surface area (Å²) in [6.45, 7) is 0.0259. The minimum absolute atomic E-state index is 0.0259. The number of nitrogens with zero attached hydrogens (tertiary/aromatic N) is 2. The molecule has 0 bridgehead atoms. The summed E-state index contributed by atoms with van der Waals surface area (Å²) in [6.07, 6.45) is 2.07. The number of β-amino-alcohol motifs (C(OH)–C–C–N with tert-alkyl or cyclic N) is 1. The van der Waals surface area contributed by atoms with Crippen LogP contribution in [0, 0.1) is 11.6 Å². The lowest BCUT2D eigenvalue weighted by Gasteiger charge is -2.25. The Hall–Kier alpha value is -2.05. The highest BCUT2D eigenvalue weighted by molar-refractivity contribution is 6.33. The van der Waals surface area contributed by atoms with Crippen LogP contribution in [0.4, 0.5) is 8.78 Å². The SMILES string of the molecule is O=C(c1ccncc1Cl)N1C[C@@H](O)C[C@@H]1c1cc(F)ccc1F. The van der Waals surface area contributed by atoms with E-state index < -0.39 is 29.7 Å². The molecule has 0 unspecified atom stereocenters. The highest BCUT2D eigenvalue weighted by Gasteiger charge is 2.37. The van der Waals surface area contributed by atoms with Crippen LogP contribution >= 0.6 is 11.6 Å². The van der Waals surface area contributed by atoms with E-state index in [-0.39, 0.29) is 29.1 Å². The Morgan fingerprint density at radius 1 is 1.35 bits per heavy atom. The average Bonchev–Trinajstić information content (AvgIpc) is 2.91. The van der Waals surface area contributed by atoms with E-state index in [1.54, 1.807) is 0 Å². The van der Waals surface area contributed by atoms with E-state index in [2.05, 4.69) is 4.98 Å². The van der Waals surface area contributed by atoms with Gasteiger partial charge >= 0.3 is 0 Å². The molecule has 0 spiro atoms. The second-order valence-electron chi connectivity index (χ2n) is 5.38. The maximum Gasteiger partial charge on any atom is 0.256 e. The third kappa shape index (κ3) is 3.04. The summed E-state index contributed by atoms with van der Waals surface area (Å²) >= 11 is 5.98. The Labute approximate surface area is 136 Å². The summed E-state index contributed by atoms with van der Waals surface area (Å²) < 4.78 is 27.5.